The maximum Gasteiger partial charge on any atom is 0.205 e. The normalized spacial score (nSPS) is 14.2. The highest BCUT2D eigenvalue weighted by Crippen LogP contribution is 2.26. The molecule has 0 unspecified atom stereocenters. The third-order valence-corrected chi connectivity index (χ3v) is 5.08. The van der Waals surface area contributed by atoms with Crippen molar-refractivity contribution in [3.05, 3.63) is 53.5 Å². The van der Waals surface area contributed by atoms with Gasteiger partial charge < -0.3 is 4.90 Å². The van der Waals surface area contributed by atoms with Gasteiger partial charge in [0.1, 0.15) is 11.5 Å². The van der Waals surface area contributed by atoms with Crippen molar-refractivity contribution in [2.45, 2.75) is 34.6 Å². The number of fused-ring (bicyclic) bond motifs is 1. The van der Waals surface area contributed by atoms with Crippen LogP contribution in [0.1, 0.15) is 37.9 Å². The average Bonchev–Trinajstić information content (AvgIpc) is 3.24. The Morgan fingerprint density at radius 3 is 2.41 bits per heavy atom. The minimum Gasteiger partial charge on any atom is -0.357 e. The summed E-state index contributed by atoms with van der Waals surface area (Å²) < 4.78 is 1.77. The van der Waals surface area contributed by atoms with Crippen LogP contribution < -0.4 is 4.90 Å². The Bertz CT molecular complexity index is 1120. The maximum absolute atomic E-state index is 4.84. The predicted octanol–water partition coefficient (Wildman–Crippen LogP) is 4.16. The van der Waals surface area contributed by atoms with Crippen LogP contribution in [0.3, 0.4) is 0 Å². The van der Waals surface area contributed by atoms with Gasteiger partial charge in [-0.3, -0.25) is 0 Å². The van der Waals surface area contributed by atoms with Gasteiger partial charge in [0.25, 0.3) is 0 Å². The van der Waals surface area contributed by atoms with Gasteiger partial charge in [0, 0.05) is 18.7 Å². The second kappa shape index (κ2) is 7.58. The third kappa shape index (κ3) is 3.44. The van der Waals surface area contributed by atoms with E-state index in [1.165, 1.54) is 5.56 Å². The van der Waals surface area contributed by atoms with Crippen molar-refractivity contribution >= 4 is 22.9 Å². The second-order valence-corrected chi connectivity index (χ2v) is 7.12. The molecule has 0 amide bonds. The summed E-state index contributed by atoms with van der Waals surface area (Å²) in [6, 6.07) is 12.2. The Morgan fingerprint density at radius 1 is 0.966 bits per heavy atom. The van der Waals surface area contributed by atoms with Crippen molar-refractivity contribution < 1.29 is 0 Å². The van der Waals surface area contributed by atoms with Crippen LogP contribution in [0.15, 0.2) is 46.5 Å². The van der Waals surface area contributed by atoms with E-state index >= 15 is 0 Å². The Morgan fingerprint density at radius 2 is 1.72 bits per heavy atom. The molecule has 1 aromatic carbocycles. The second-order valence-electron chi connectivity index (χ2n) is 7.12. The molecule has 0 bridgehead atoms. The first kappa shape index (κ1) is 19.0. The van der Waals surface area contributed by atoms with Gasteiger partial charge in [-0.05, 0) is 52.8 Å². The first-order valence-electron chi connectivity index (χ1n) is 9.91. The zero-order valence-electron chi connectivity index (χ0n) is 17.5. The highest BCUT2D eigenvalue weighted by atomic mass is 15.5. The van der Waals surface area contributed by atoms with Gasteiger partial charge in [-0.1, -0.05) is 23.8 Å². The van der Waals surface area contributed by atoms with Gasteiger partial charge >= 0.3 is 0 Å². The van der Waals surface area contributed by atoms with Gasteiger partial charge in [0.2, 0.25) is 5.82 Å². The highest BCUT2D eigenvalue weighted by Gasteiger charge is 2.26. The number of rotatable bonds is 5. The molecule has 148 valence electrons. The zero-order chi connectivity index (χ0) is 20.5. The molecule has 29 heavy (non-hydrogen) atoms. The minimum absolute atomic E-state index is 0.659. The van der Waals surface area contributed by atoms with E-state index in [1.54, 1.807) is 4.68 Å². The molecule has 0 saturated heterocycles. The summed E-state index contributed by atoms with van der Waals surface area (Å²) in [6.07, 6.45) is 0. The molecule has 0 saturated carbocycles. The Balaban J connectivity index is 1.72. The maximum atomic E-state index is 4.84. The van der Waals surface area contributed by atoms with E-state index in [4.69, 9.17) is 9.98 Å². The van der Waals surface area contributed by atoms with Gasteiger partial charge in [-0.25, -0.2) is 9.98 Å². The number of aryl methyl sites for hydroxylation is 2. The van der Waals surface area contributed by atoms with E-state index < -0.39 is 0 Å². The fraction of sp³-hybridized carbons (Fsp3) is 0.318. The van der Waals surface area contributed by atoms with E-state index in [-0.39, 0.29) is 0 Å². The topological polar surface area (TPSA) is 71.6 Å². The average molecular weight is 387 g/mol. The number of nitrogens with zero attached hydrogens (tertiary/aromatic N) is 7. The number of aromatic nitrogens is 4. The van der Waals surface area contributed by atoms with Crippen LogP contribution in [0.25, 0.3) is 11.4 Å². The van der Waals surface area contributed by atoms with Crippen molar-refractivity contribution in [2.75, 3.05) is 18.0 Å². The number of aliphatic imine (C=N–C) groups is 1. The summed E-state index contributed by atoms with van der Waals surface area (Å²) in [5.74, 6) is 2.35. The first-order valence-corrected chi connectivity index (χ1v) is 9.91. The van der Waals surface area contributed by atoms with Crippen LogP contribution >= 0.6 is 0 Å². The first-order chi connectivity index (χ1) is 14.0. The lowest BCUT2D eigenvalue weighted by molar-refractivity contribution is 0.842. The van der Waals surface area contributed by atoms with Crippen LogP contribution in [-0.2, 0) is 0 Å². The fourth-order valence-electron chi connectivity index (χ4n) is 3.48. The number of anilines is 1. The summed E-state index contributed by atoms with van der Waals surface area (Å²) in [4.78, 5) is 11.8. The number of hydrogen-bond acceptors (Lipinski definition) is 6. The molecule has 0 radical (unpaired) electrons. The van der Waals surface area contributed by atoms with E-state index in [0.29, 0.717) is 5.82 Å². The molecule has 0 aliphatic carbocycles. The molecule has 1 aliphatic rings. The third-order valence-electron chi connectivity index (χ3n) is 5.08. The minimum atomic E-state index is 0.659. The van der Waals surface area contributed by atoms with Crippen molar-refractivity contribution in [1.29, 1.82) is 0 Å². The molecule has 0 spiro atoms. The fourth-order valence-corrected chi connectivity index (χ4v) is 3.48. The summed E-state index contributed by atoms with van der Waals surface area (Å²) in [6.45, 7) is 12.1. The van der Waals surface area contributed by atoms with Gasteiger partial charge in [0.15, 0.2) is 5.82 Å². The standard InChI is InChI=1S/C22H25N7/c1-6-28(7-2)19-12-11-18(15(4)23-19)24-20-16(5)27-29-21(25-26-22(20)29)17-10-8-9-14(3)13-17/h8-13H,6-7H2,1-5H3/b24-20-. The van der Waals surface area contributed by atoms with Gasteiger partial charge in [0.05, 0.1) is 17.1 Å². The largest absolute Gasteiger partial charge is 0.357 e. The Hall–Kier alpha value is -3.35. The molecule has 0 atom stereocenters. The molecule has 7 nitrogen and oxygen atoms in total. The van der Waals surface area contributed by atoms with Crippen LogP contribution in [0.2, 0.25) is 0 Å². The van der Waals surface area contributed by atoms with E-state index in [2.05, 4.69) is 53.1 Å². The lowest BCUT2D eigenvalue weighted by atomic mass is 10.1. The molecule has 7 heteroatoms. The van der Waals surface area contributed by atoms with E-state index in [9.17, 15) is 0 Å². The van der Waals surface area contributed by atoms with Crippen LogP contribution in [-0.4, -0.2) is 44.4 Å². The van der Waals surface area contributed by atoms with E-state index in [0.717, 1.165) is 53.1 Å². The summed E-state index contributed by atoms with van der Waals surface area (Å²) >= 11 is 0. The molecule has 1 aliphatic heterocycles. The number of benzene rings is 1. The smallest absolute Gasteiger partial charge is 0.205 e. The zero-order valence-corrected chi connectivity index (χ0v) is 17.5. The van der Waals surface area contributed by atoms with Crippen LogP contribution in [0.5, 0.6) is 0 Å². The molecular weight excluding hydrogens is 362 g/mol. The predicted molar refractivity (Wildman–Crippen MR) is 117 cm³/mol. The molecule has 0 N–H and O–H groups in total. The van der Waals surface area contributed by atoms with Crippen LogP contribution in [0, 0.1) is 13.8 Å². The monoisotopic (exact) mass is 387 g/mol. The molecular formula is C22H25N7. The molecule has 2 aromatic heterocycles. The number of hydrogen-bond donors (Lipinski definition) is 0. The van der Waals surface area contributed by atoms with Crippen molar-refractivity contribution in [1.82, 2.24) is 19.9 Å². The molecule has 3 heterocycles. The lowest BCUT2D eigenvalue weighted by Crippen LogP contribution is -2.23. The van der Waals surface area contributed by atoms with Crippen LogP contribution in [0.4, 0.5) is 11.5 Å². The molecule has 4 rings (SSSR count). The Kier molecular flexibility index (Phi) is 4.96. The van der Waals surface area contributed by atoms with Crippen molar-refractivity contribution in [2.24, 2.45) is 10.1 Å². The van der Waals surface area contributed by atoms with Crippen molar-refractivity contribution in [3.63, 3.8) is 0 Å². The quantitative estimate of drug-likeness (QED) is 0.659. The van der Waals surface area contributed by atoms with Gasteiger partial charge in [-0.15, -0.1) is 10.2 Å². The summed E-state index contributed by atoms with van der Waals surface area (Å²) in [5, 5.41) is 13.4. The molecule has 0 fully saturated rings. The van der Waals surface area contributed by atoms with Crippen molar-refractivity contribution in [3.8, 4) is 11.4 Å². The lowest BCUT2D eigenvalue weighted by Gasteiger charge is -2.20. The SMILES string of the molecule is CCN(CC)c1ccc(/N=C2/C(C)=Nn3c2nnc3-c2cccc(C)c2)c(C)n1. The summed E-state index contributed by atoms with van der Waals surface area (Å²) in [7, 11) is 0. The number of pyridine rings is 1. The van der Waals surface area contributed by atoms with Gasteiger partial charge in [-0.2, -0.15) is 9.78 Å². The molecule has 3 aromatic rings. The summed E-state index contributed by atoms with van der Waals surface area (Å²) in [5.41, 5.74) is 5.41. The Labute approximate surface area is 170 Å². The van der Waals surface area contributed by atoms with E-state index in [1.807, 2.05) is 38.1 Å². The highest BCUT2D eigenvalue weighted by molar-refractivity contribution is 6.48.